The Morgan fingerprint density at radius 2 is 0.333 bits per heavy atom. The molecular formula is H8Cl6IrK2. The third-order valence-electron chi connectivity index (χ3n) is 0. The van der Waals surface area contributed by atoms with Crippen molar-refractivity contribution in [3.63, 3.8) is 0 Å². The first-order valence-electron chi connectivity index (χ1n) is 0. The first kappa shape index (κ1) is 85.4. The van der Waals surface area contributed by atoms with E-state index in [2.05, 4.69) is 0 Å². The molecule has 0 aliphatic rings. The molecule has 0 aliphatic heterocycles. The zero-order chi connectivity index (χ0) is 0. The molecule has 61 valence electrons. The van der Waals surface area contributed by atoms with Gasteiger partial charge in [0.1, 0.15) is 0 Å². The summed E-state index contributed by atoms with van der Waals surface area (Å²) in [6.07, 6.45) is 0. The van der Waals surface area contributed by atoms with E-state index in [1.165, 1.54) is 0 Å². The second-order valence-electron chi connectivity index (χ2n) is 0. The van der Waals surface area contributed by atoms with Gasteiger partial charge in [-0.3, -0.25) is 0 Å². The van der Waals surface area contributed by atoms with Crippen LogP contribution in [0.25, 0.3) is 0 Å². The topological polar surface area (TPSA) is 0 Å². The monoisotopic (exact) mass is 489 g/mol. The first-order valence-corrected chi connectivity index (χ1v) is 0. The quantitative estimate of drug-likeness (QED) is 0.448. The Labute approximate surface area is 192 Å². The van der Waals surface area contributed by atoms with Crippen molar-refractivity contribution in [1.82, 2.24) is 0 Å². The normalized spacial score (nSPS) is 0. The van der Waals surface area contributed by atoms with Crippen molar-refractivity contribution in [2.24, 2.45) is 0 Å². The fraction of sp³-hybridized carbons (Fsp3) is 0. The van der Waals surface area contributed by atoms with E-state index >= 15 is 0 Å². The van der Waals surface area contributed by atoms with E-state index in [0.29, 0.717) is 0 Å². The van der Waals surface area contributed by atoms with E-state index in [9.17, 15) is 0 Å². The van der Waals surface area contributed by atoms with Crippen LogP contribution in [0, 0.1) is 0 Å². The van der Waals surface area contributed by atoms with Crippen molar-refractivity contribution in [3.8, 4) is 0 Å². The van der Waals surface area contributed by atoms with E-state index in [1.54, 1.807) is 0 Å². The summed E-state index contributed by atoms with van der Waals surface area (Å²) in [4.78, 5) is 0. The molecule has 0 aliphatic carbocycles. The van der Waals surface area contributed by atoms with Crippen molar-refractivity contribution in [2.45, 2.75) is 0 Å². The van der Waals surface area contributed by atoms with Gasteiger partial charge >= 0.3 is 103 Å². The van der Waals surface area contributed by atoms with E-state index in [4.69, 9.17) is 0 Å². The summed E-state index contributed by atoms with van der Waals surface area (Å²) in [6, 6.07) is 0. The van der Waals surface area contributed by atoms with Gasteiger partial charge in [0, 0.05) is 20.1 Å². The Balaban J connectivity index is 0. The summed E-state index contributed by atoms with van der Waals surface area (Å²) >= 11 is 0. The third kappa shape index (κ3) is 58.0. The minimum absolute atomic E-state index is 0. The van der Waals surface area contributed by atoms with Crippen LogP contribution in [-0.2, 0) is 20.1 Å². The standard InChI is InChI=1S/6ClH.Ir.2K.2H/h6*1H;;;;;. The van der Waals surface area contributed by atoms with Crippen LogP contribution in [0.1, 0.15) is 0 Å². The third-order valence-corrected chi connectivity index (χ3v) is 0. The average Bonchev–Trinajstić information content (AvgIpc) is 0. The molecule has 0 rings (SSSR count). The molecule has 0 aromatic heterocycles. The molecule has 0 nitrogen and oxygen atoms in total. The molecule has 0 bridgehead atoms. The molecule has 9 heteroatoms. The summed E-state index contributed by atoms with van der Waals surface area (Å²) < 4.78 is 0. The van der Waals surface area contributed by atoms with Gasteiger partial charge in [0.25, 0.3) is 0 Å². The van der Waals surface area contributed by atoms with Crippen LogP contribution in [0.15, 0.2) is 0 Å². The van der Waals surface area contributed by atoms with Crippen LogP contribution in [-0.4, -0.2) is 103 Å². The fourth-order valence-electron chi connectivity index (χ4n) is 0. The van der Waals surface area contributed by atoms with Crippen LogP contribution < -0.4 is 0 Å². The molecule has 0 unspecified atom stereocenters. The van der Waals surface area contributed by atoms with Gasteiger partial charge in [-0.1, -0.05) is 0 Å². The summed E-state index contributed by atoms with van der Waals surface area (Å²) in [5.41, 5.74) is 0. The predicted octanol–water partition coefficient (Wildman–Crippen LogP) is 1.23. The number of halogens is 6. The average molecular weight is 491 g/mol. The zero-order valence-corrected chi connectivity index (χ0v) is 10.1. The van der Waals surface area contributed by atoms with Crippen LogP contribution in [0.4, 0.5) is 0 Å². The molecule has 0 fully saturated rings. The second-order valence-corrected chi connectivity index (χ2v) is 0. The molecule has 0 spiro atoms. The summed E-state index contributed by atoms with van der Waals surface area (Å²) in [7, 11) is 0. The SMILES string of the molecule is Cl.Cl.Cl.Cl.Cl.Cl.[Ir].[KH].[KH]. The molecule has 0 saturated carbocycles. The van der Waals surface area contributed by atoms with Gasteiger partial charge in [0.2, 0.25) is 0 Å². The number of hydrogen-bond donors (Lipinski definition) is 0. The molecule has 0 saturated heterocycles. The van der Waals surface area contributed by atoms with Gasteiger partial charge in [0.15, 0.2) is 0 Å². The van der Waals surface area contributed by atoms with Crippen LogP contribution >= 0.6 is 74.4 Å². The van der Waals surface area contributed by atoms with Crippen LogP contribution in [0.2, 0.25) is 0 Å². The second kappa shape index (κ2) is 68.3. The maximum atomic E-state index is 0. The summed E-state index contributed by atoms with van der Waals surface area (Å²) in [5.74, 6) is 0. The Morgan fingerprint density at radius 3 is 0.333 bits per heavy atom. The maximum absolute atomic E-state index is 0. The zero-order valence-electron chi connectivity index (χ0n) is 2.78. The summed E-state index contributed by atoms with van der Waals surface area (Å²) in [5, 5.41) is 0. The molecular weight excluding hydrogens is 483 g/mol. The van der Waals surface area contributed by atoms with Crippen LogP contribution in [0.3, 0.4) is 0 Å². The molecule has 0 heterocycles. The molecule has 0 aromatic rings. The van der Waals surface area contributed by atoms with Crippen molar-refractivity contribution >= 4 is 177 Å². The Morgan fingerprint density at radius 1 is 0.333 bits per heavy atom. The molecule has 0 aromatic carbocycles. The first-order chi connectivity index (χ1) is 0. The van der Waals surface area contributed by atoms with Crippen molar-refractivity contribution < 1.29 is 20.1 Å². The summed E-state index contributed by atoms with van der Waals surface area (Å²) in [6.45, 7) is 0. The predicted molar refractivity (Wildman–Crippen MR) is 57.8 cm³/mol. The van der Waals surface area contributed by atoms with E-state index < -0.39 is 0 Å². The molecule has 0 N–H and O–H groups in total. The van der Waals surface area contributed by atoms with Gasteiger partial charge in [-0.25, -0.2) is 0 Å². The Kier molecular flexibility index (Phi) is 648. The molecule has 0 amide bonds. The molecule has 9 heavy (non-hydrogen) atoms. The van der Waals surface area contributed by atoms with Crippen molar-refractivity contribution in [3.05, 3.63) is 0 Å². The van der Waals surface area contributed by atoms with Crippen molar-refractivity contribution in [1.29, 1.82) is 0 Å². The molecule has 0 atom stereocenters. The van der Waals surface area contributed by atoms with Gasteiger partial charge < -0.3 is 0 Å². The number of hydrogen-bond acceptors (Lipinski definition) is 0. The Bertz CT molecular complexity index is 11.0. The van der Waals surface area contributed by atoms with Crippen LogP contribution in [0.5, 0.6) is 0 Å². The van der Waals surface area contributed by atoms with Gasteiger partial charge in [0.05, 0.1) is 0 Å². The van der Waals surface area contributed by atoms with Crippen molar-refractivity contribution in [2.75, 3.05) is 0 Å². The van der Waals surface area contributed by atoms with Gasteiger partial charge in [-0.15, -0.1) is 74.4 Å². The van der Waals surface area contributed by atoms with E-state index in [0.717, 1.165) is 0 Å². The van der Waals surface area contributed by atoms with Gasteiger partial charge in [-0.05, 0) is 0 Å². The van der Waals surface area contributed by atoms with Gasteiger partial charge in [-0.2, -0.15) is 0 Å². The van der Waals surface area contributed by atoms with E-state index in [-0.39, 0.29) is 197 Å². The Hall–Kier alpha value is 5.66. The van der Waals surface area contributed by atoms with E-state index in [1.807, 2.05) is 0 Å². The molecule has 1 radical (unpaired) electrons. The fourth-order valence-corrected chi connectivity index (χ4v) is 0. The minimum atomic E-state index is 0. The number of rotatable bonds is 0.